The summed E-state index contributed by atoms with van der Waals surface area (Å²) in [5.74, 6) is 0.937. The van der Waals surface area contributed by atoms with Crippen LogP contribution in [-0.4, -0.2) is 35.2 Å². The fourth-order valence-electron chi connectivity index (χ4n) is 2.26. The number of carbonyl (C=O) groups is 1. The number of aromatic nitrogens is 2. The molecule has 1 saturated heterocycles. The van der Waals surface area contributed by atoms with Crippen molar-refractivity contribution < 1.29 is 9.32 Å². The Kier molecular flexibility index (Phi) is 3.47. The summed E-state index contributed by atoms with van der Waals surface area (Å²) in [6, 6.07) is 7.45. The third kappa shape index (κ3) is 2.70. The van der Waals surface area contributed by atoms with Crippen molar-refractivity contribution in [3.05, 3.63) is 35.7 Å². The SMILES string of the molecule is Cc1nc(-c2cccc(C(=O)N[C@H]3CCNC3)c2)no1. The van der Waals surface area contributed by atoms with E-state index in [1.165, 1.54) is 0 Å². The lowest BCUT2D eigenvalue weighted by Crippen LogP contribution is -2.36. The highest BCUT2D eigenvalue weighted by molar-refractivity contribution is 5.95. The van der Waals surface area contributed by atoms with Gasteiger partial charge in [-0.1, -0.05) is 17.3 Å². The fourth-order valence-corrected chi connectivity index (χ4v) is 2.26. The zero-order valence-corrected chi connectivity index (χ0v) is 11.2. The van der Waals surface area contributed by atoms with Crippen molar-refractivity contribution in [2.45, 2.75) is 19.4 Å². The number of hydrogen-bond donors (Lipinski definition) is 2. The molecule has 1 fully saturated rings. The van der Waals surface area contributed by atoms with E-state index >= 15 is 0 Å². The maximum atomic E-state index is 12.2. The normalized spacial score (nSPS) is 18.1. The molecule has 0 bridgehead atoms. The first-order chi connectivity index (χ1) is 9.72. The molecule has 0 spiro atoms. The van der Waals surface area contributed by atoms with Crippen LogP contribution in [0.4, 0.5) is 0 Å². The molecule has 0 unspecified atom stereocenters. The van der Waals surface area contributed by atoms with Crippen LogP contribution in [0.25, 0.3) is 11.4 Å². The number of amides is 1. The van der Waals surface area contributed by atoms with E-state index in [1.54, 1.807) is 19.1 Å². The average molecular weight is 272 g/mol. The van der Waals surface area contributed by atoms with Gasteiger partial charge in [0.25, 0.3) is 5.91 Å². The second-order valence-corrected chi connectivity index (χ2v) is 4.88. The Bertz CT molecular complexity index is 617. The van der Waals surface area contributed by atoms with Gasteiger partial charge in [0, 0.05) is 30.6 Å². The molecule has 6 nitrogen and oxygen atoms in total. The number of nitrogens with zero attached hydrogens (tertiary/aromatic N) is 2. The molecule has 1 aliphatic heterocycles. The molecule has 3 rings (SSSR count). The smallest absolute Gasteiger partial charge is 0.251 e. The molecular formula is C14H16N4O2. The van der Waals surface area contributed by atoms with Gasteiger partial charge >= 0.3 is 0 Å². The highest BCUT2D eigenvalue weighted by Crippen LogP contribution is 2.17. The lowest BCUT2D eigenvalue weighted by Gasteiger charge is -2.11. The zero-order valence-electron chi connectivity index (χ0n) is 11.2. The number of benzene rings is 1. The molecule has 1 amide bonds. The van der Waals surface area contributed by atoms with Crippen molar-refractivity contribution in [2.24, 2.45) is 0 Å². The van der Waals surface area contributed by atoms with Crippen LogP contribution in [0.5, 0.6) is 0 Å². The number of rotatable bonds is 3. The van der Waals surface area contributed by atoms with Gasteiger partial charge in [0.1, 0.15) is 0 Å². The molecule has 2 N–H and O–H groups in total. The van der Waals surface area contributed by atoms with Crippen molar-refractivity contribution in [2.75, 3.05) is 13.1 Å². The number of nitrogens with one attached hydrogen (secondary N) is 2. The van der Waals surface area contributed by atoms with Crippen LogP contribution in [0.2, 0.25) is 0 Å². The Morgan fingerprint density at radius 2 is 2.40 bits per heavy atom. The molecule has 1 aromatic carbocycles. The summed E-state index contributed by atoms with van der Waals surface area (Å²) in [5.41, 5.74) is 1.39. The minimum Gasteiger partial charge on any atom is -0.348 e. The molecule has 2 aromatic rings. The standard InChI is InChI=1S/C14H16N4O2/c1-9-16-13(18-20-9)10-3-2-4-11(7-10)14(19)17-12-5-6-15-8-12/h2-4,7,12,15H,5-6,8H2,1H3,(H,17,19)/t12-/m0/s1. The summed E-state index contributed by atoms with van der Waals surface area (Å²) in [6.07, 6.45) is 0.968. The van der Waals surface area contributed by atoms with Crippen molar-refractivity contribution in [1.82, 2.24) is 20.8 Å². The quantitative estimate of drug-likeness (QED) is 0.875. The minimum absolute atomic E-state index is 0.0687. The summed E-state index contributed by atoms with van der Waals surface area (Å²) < 4.78 is 4.96. The van der Waals surface area contributed by atoms with E-state index < -0.39 is 0 Å². The van der Waals surface area contributed by atoms with Gasteiger partial charge in [0.05, 0.1) is 0 Å². The Morgan fingerprint density at radius 1 is 1.50 bits per heavy atom. The van der Waals surface area contributed by atoms with E-state index in [0.29, 0.717) is 17.3 Å². The molecule has 20 heavy (non-hydrogen) atoms. The maximum absolute atomic E-state index is 12.2. The third-order valence-corrected chi connectivity index (χ3v) is 3.31. The van der Waals surface area contributed by atoms with Crippen LogP contribution in [0.3, 0.4) is 0 Å². The van der Waals surface area contributed by atoms with Gasteiger partial charge in [-0.3, -0.25) is 4.79 Å². The van der Waals surface area contributed by atoms with Gasteiger partial charge in [-0.05, 0) is 25.1 Å². The summed E-state index contributed by atoms with van der Waals surface area (Å²) in [5, 5.41) is 10.1. The lowest BCUT2D eigenvalue weighted by atomic mass is 10.1. The Balaban J connectivity index is 1.78. The fraction of sp³-hybridized carbons (Fsp3) is 0.357. The van der Waals surface area contributed by atoms with Crippen LogP contribution < -0.4 is 10.6 Å². The Hall–Kier alpha value is -2.21. The first-order valence-electron chi connectivity index (χ1n) is 6.65. The van der Waals surface area contributed by atoms with Crippen molar-refractivity contribution in [3.63, 3.8) is 0 Å². The molecule has 1 aromatic heterocycles. The van der Waals surface area contributed by atoms with Crippen LogP contribution in [0.15, 0.2) is 28.8 Å². The highest BCUT2D eigenvalue weighted by atomic mass is 16.5. The lowest BCUT2D eigenvalue weighted by molar-refractivity contribution is 0.0940. The van der Waals surface area contributed by atoms with Crippen LogP contribution in [0.1, 0.15) is 22.7 Å². The average Bonchev–Trinajstić information content (AvgIpc) is 3.10. The predicted molar refractivity (Wildman–Crippen MR) is 73.2 cm³/mol. The summed E-state index contributed by atoms with van der Waals surface area (Å²) in [6.45, 7) is 3.52. The molecule has 0 radical (unpaired) electrons. The van der Waals surface area contributed by atoms with Crippen LogP contribution >= 0.6 is 0 Å². The van der Waals surface area contributed by atoms with Crippen molar-refractivity contribution in [3.8, 4) is 11.4 Å². The molecule has 104 valence electrons. The van der Waals surface area contributed by atoms with Crippen molar-refractivity contribution >= 4 is 5.91 Å². The van der Waals surface area contributed by atoms with Crippen LogP contribution in [0, 0.1) is 6.92 Å². The predicted octanol–water partition coefficient (Wildman–Crippen LogP) is 1.14. The second kappa shape index (κ2) is 5.42. The van der Waals surface area contributed by atoms with E-state index in [0.717, 1.165) is 25.1 Å². The largest absolute Gasteiger partial charge is 0.348 e. The van der Waals surface area contributed by atoms with Gasteiger partial charge in [-0.2, -0.15) is 4.98 Å². The first-order valence-corrected chi connectivity index (χ1v) is 6.65. The molecule has 1 aliphatic rings. The molecule has 0 saturated carbocycles. The molecule has 2 heterocycles. The number of aryl methyl sites for hydroxylation is 1. The monoisotopic (exact) mass is 272 g/mol. The van der Waals surface area contributed by atoms with Gasteiger partial charge in [0.15, 0.2) is 0 Å². The van der Waals surface area contributed by atoms with Gasteiger partial charge in [-0.15, -0.1) is 0 Å². The van der Waals surface area contributed by atoms with Crippen LogP contribution in [-0.2, 0) is 0 Å². The van der Waals surface area contributed by atoms with E-state index in [1.807, 2.05) is 12.1 Å². The van der Waals surface area contributed by atoms with E-state index in [4.69, 9.17) is 4.52 Å². The Labute approximate surface area is 116 Å². The van der Waals surface area contributed by atoms with Gasteiger partial charge in [-0.25, -0.2) is 0 Å². The molecular weight excluding hydrogens is 256 g/mol. The second-order valence-electron chi connectivity index (χ2n) is 4.88. The number of carbonyl (C=O) groups excluding carboxylic acids is 1. The third-order valence-electron chi connectivity index (χ3n) is 3.31. The topological polar surface area (TPSA) is 80.0 Å². The highest BCUT2D eigenvalue weighted by Gasteiger charge is 2.18. The van der Waals surface area contributed by atoms with Gasteiger partial charge in [0.2, 0.25) is 11.7 Å². The van der Waals surface area contributed by atoms with E-state index in [9.17, 15) is 4.79 Å². The minimum atomic E-state index is -0.0687. The number of hydrogen-bond acceptors (Lipinski definition) is 5. The summed E-state index contributed by atoms with van der Waals surface area (Å²) >= 11 is 0. The summed E-state index contributed by atoms with van der Waals surface area (Å²) in [4.78, 5) is 16.4. The Morgan fingerprint density at radius 3 is 3.10 bits per heavy atom. The van der Waals surface area contributed by atoms with Gasteiger partial charge < -0.3 is 15.2 Å². The van der Waals surface area contributed by atoms with Crippen molar-refractivity contribution in [1.29, 1.82) is 0 Å². The first kappa shape index (κ1) is 12.8. The van der Waals surface area contributed by atoms with E-state index in [2.05, 4.69) is 20.8 Å². The van der Waals surface area contributed by atoms with E-state index in [-0.39, 0.29) is 11.9 Å². The summed E-state index contributed by atoms with van der Waals surface area (Å²) in [7, 11) is 0. The molecule has 1 atom stereocenters. The molecule has 6 heteroatoms. The maximum Gasteiger partial charge on any atom is 0.251 e. The zero-order chi connectivity index (χ0) is 13.9. The molecule has 0 aliphatic carbocycles.